The zero-order valence-corrected chi connectivity index (χ0v) is 30.5. The van der Waals surface area contributed by atoms with Crippen LogP contribution in [0.1, 0.15) is 24.2 Å². The summed E-state index contributed by atoms with van der Waals surface area (Å²) in [6.45, 7) is 8.55. The highest BCUT2D eigenvalue weighted by Crippen LogP contribution is 2.42. The predicted octanol–water partition coefficient (Wildman–Crippen LogP) is 14.2. The van der Waals surface area contributed by atoms with Gasteiger partial charge < -0.3 is 4.74 Å². The third kappa shape index (κ3) is 6.12. The molecular weight excluding hydrogens is 655 g/mol. The minimum atomic E-state index is -0.302. The number of benzene rings is 8. The smallest absolute Gasteiger partial charge is 0.145 e. The molecule has 0 saturated heterocycles. The zero-order valence-electron chi connectivity index (χ0n) is 30.5. The third-order valence-corrected chi connectivity index (χ3v) is 10.5. The quantitative estimate of drug-likeness (QED) is 0.148. The van der Waals surface area contributed by atoms with E-state index in [-0.39, 0.29) is 6.10 Å². The fourth-order valence-electron chi connectivity index (χ4n) is 7.77. The van der Waals surface area contributed by atoms with Crippen LogP contribution < -0.4 is 4.74 Å². The Labute approximate surface area is 316 Å². The average molecular weight is 694 g/mol. The van der Waals surface area contributed by atoms with Crippen molar-refractivity contribution in [3.05, 3.63) is 205 Å². The number of para-hydroxylation sites is 1. The molecule has 1 atom stereocenters. The lowest BCUT2D eigenvalue weighted by molar-refractivity contribution is 0.243. The Balaban J connectivity index is 1.17. The Kier molecular flexibility index (Phi) is 8.57. The lowest BCUT2D eigenvalue weighted by atomic mass is 9.88. The Morgan fingerprint density at radius 1 is 0.519 bits per heavy atom. The SMILES string of the molecule is C=C(C)C(Oc1cc(-c2c(-c3cccc(-c4cc(-c5ccccc5)c5ccccc5n4)c3)ccc3ccccc23)ccc1C)c1cccc2ccccc12. The molecule has 0 radical (unpaired) electrons. The van der Waals surface area contributed by atoms with Gasteiger partial charge in [-0.15, -0.1) is 0 Å². The highest BCUT2D eigenvalue weighted by molar-refractivity contribution is 6.05. The van der Waals surface area contributed by atoms with Crippen LogP contribution >= 0.6 is 0 Å². The highest BCUT2D eigenvalue weighted by atomic mass is 16.5. The maximum Gasteiger partial charge on any atom is 0.145 e. The van der Waals surface area contributed by atoms with Gasteiger partial charge in [0.2, 0.25) is 0 Å². The van der Waals surface area contributed by atoms with Crippen molar-refractivity contribution in [2.24, 2.45) is 0 Å². The largest absolute Gasteiger partial charge is 0.481 e. The molecule has 258 valence electrons. The summed E-state index contributed by atoms with van der Waals surface area (Å²) >= 11 is 0. The maximum atomic E-state index is 6.97. The molecule has 0 amide bonds. The molecule has 2 heteroatoms. The summed E-state index contributed by atoms with van der Waals surface area (Å²) in [6.07, 6.45) is -0.302. The number of hydrogen-bond donors (Lipinski definition) is 0. The van der Waals surface area contributed by atoms with Gasteiger partial charge in [0.05, 0.1) is 11.2 Å². The van der Waals surface area contributed by atoms with Gasteiger partial charge in [-0.25, -0.2) is 4.98 Å². The number of pyridine rings is 1. The first kappa shape index (κ1) is 33.1. The standard InChI is InChI=1S/C52H39NO/c1-34(2)52(46-25-14-19-36-17-7-9-22-42(36)46)54-50-32-41(28-27-35(50)3)51-43-23-10-8-18-38(43)29-30-44(51)39-20-13-21-40(31-39)49-33-47(37-15-5-4-6-16-37)45-24-11-12-26-48(45)53-49/h4-33,52H,1H2,2-3H3. The van der Waals surface area contributed by atoms with Gasteiger partial charge in [0, 0.05) is 16.5 Å². The van der Waals surface area contributed by atoms with Crippen LogP contribution in [0.5, 0.6) is 5.75 Å². The molecule has 54 heavy (non-hydrogen) atoms. The predicted molar refractivity (Wildman–Crippen MR) is 228 cm³/mol. The number of nitrogens with zero attached hydrogens (tertiary/aromatic N) is 1. The molecular formula is C52H39NO. The van der Waals surface area contributed by atoms with Crippen molar-refractivity contribution in [3.63, 3.8) is 0 Å². The van der Waals surface area contributed by atoms with Crippen LogP contribution in [0.4, 0.5) is 0 Å². The van der Waals surface area contributed by atoms with Gasteiger partial charge in [-0.2, -0.15) is 0 Å². The third-order valence-electron chi connectivity index (χ3n) is 10.5. The van der Waals surface area contributed by atoms with E-state index in [2.05, 4.69) is 202 Å². The molecule has 1 heterocycles. The molecule has 0 bridgehead atoms. The molecule has 1 aromatic heterocycles. The van der Waals surface area contributed by atoms with E-state index in [1.807, 2.05) is 0 Å². The van der Waals surface area contributed by atoms with Gasteiger partial charge in [-0.05, 0) is 104 Å². The lowest BCUT2D eigenvalue weighted by Crippen LogP contribution is -2.10. The molecule has 0 aliphatic rings. The van der Waals surface area contributed by atoms with E-state index in [9.17, 15) is 0 Å². The Morgan fingerprint density at radius 3 is 1.98 bits per heavy atom. The summed E-state index contributed by atoms with van der Waals surface area (Å²) in [5.41, 5.74) is 13.0. The molecule has 0 N–H and O–H groups in total. The first-order chi connectivity index (χ1) is 26.5. The fraction of sp³-hybridized carbons (Fsp3) is 0.0577. The van der Waals surface area contributed by atoms with Gasteiger partial charge in [0.1, 0.15) is 11.9 Å². The highest BCUT2D eigenvalue weighted by Gasteiger charge is 2.20. The van der Waals surface area contributed by atoms with Crippen LogP contribution in [0, 0.1) is 6.92 Å². The second-order valence-corrected chi connectivity index (χ2v) is 14.1. The lowest BCUT2D eigenvalue weighted by Gasteiger charge is -2.23. The maximum absolute atomic E-state index is 6.97. The number of aromatic nitrogens is 1. The van der Waals surface area contributed by atoms with Gasteiger partial charge >= 0.3 is 0 Å². The molecule has 9 rings (SSSR count). The van der Waals surface area contributed by atoms with Crippen molar-refractivity contribution >= 4 is 32.4 Å². The van der Waals surface area contributed by atoms with E-state index in [1.165, 1.54) is 38.2 Å². The Morgan fingerprint density at radius 2 is 1.17 bits per heavy atom. The van der Waals surface area contributed by atoms with Gasteiger partial charge in [-0.3, -0.25) is 0 Å². The summed E-state index contributed by atoms with van der Waals surface area (Å²) in [5.74, 6) is 0.842. The van der Waals surface area contributed by atoms with E-state index >= 15 is 0 Å². The molecule has 0 aliphatic heterocycles. The van der Waals surface area contributed by atoms with Crippen molar-refractivity contribution in [2.75, 3.05) is 0 Å². The van der Waals surface area contributed by atoms with Crippen LogP contribution in [0.3, 0.4) is 0 Å². The molecule has 0 spiro atoms. The van der Waals surface area contributed by atoms with Crippen LogP contribution in [-0.2, 0) is 0 Å². The van der Waals surface area contributed by atoms with E-state index in [4.69, 9.17) is 9.72 Å². The van der Waals surface area contributed by atoms with E-state index in [0.29, 0.717) is 0 Å². The summed E-state index contributed by atoms with van der Waals surface area (Å²) in [7, 11) is 0. The van der Waals surface area contributed by atoms with Crippen LogP contribution in [0.15, 0.2) is 194 Å². The second-order valence-electron chi connectivity index (χ2n) is 14.1. The molecule has 0 aliphatic carbocycles. The van der Waals surface area contributed by atoms with Crippen molar-refractivity contribution in [1.29, 1.82) is 0 Å². The monoisotopic (exact) mass is 693 g/mol. The Bertz CT molecular complexity index is 2850. The molecule has 0 saturated carbocycles. The normalized spacial score (nSPS) is 11.9. The number of fused-ring (bicyclic) bond motifs is 3. The van der Waals surface area contributed by atoms with Crippen molar-refractivity contribution in [3.8, 4) is 50.4 Å². The topological polar surface area (TPSA) is 22.1 Å². The minimum Gasteiger partial charge on any atom is -0.481 e. The number of hydrogen-bond acceptors (Lipinski definition) is 2. The zero-order chi connectivity index (χ0) is 36.6. The van der Waals surface area contributed by atoms with Crippen LogP contribution in [-0.4, -0.2) is 4.98 Å². The molecule has 8 aromatic carbocycles. The number of rotatable bonds is 8. The first-order valence-corrected chi connectivity index (χ1v) is 18.5. The summed E-state index contributed by atoms with van der Waals surface area (Å²) < 4.78 is 6.97. The molecule has 1 unspecified atom stereocenters. The fourth-order valence-corrected chi connectivity index (χ4v) is 7.77. The van der Waals surface area contributed by atoms with Gasteiger partial charge in [0.15, 0.2) is 0 Å². The first-order valence-electron chi connectivity index (χ1n) is 18.5. The van der Waals surface area contributed by atoms with Crippen molar-refractivity contribution in [1.82, 2.24) is 4.98 Å². The molecule has 2 nitrogen and oxygen atoms in total. The van der Waals surface area contributed by atoms with E-state index in [0.717, 1.165) is 61.3 Å². The molecule has 9 aromatic rings. The summed E-state index contributed by atoms with van der Waals surface area (Å²) in [6, 6.07) is 64.7. The minimum absolute atomic E-state index is 0.302. The number of aryl methyl sites for hydroxylation is 1. The number of ether oxygens (including phenoxy) is 1. The summed E-state index contributed by atoms with van der Waals surface area (Å²) in [5, 5.41) is 5.89. The second kappa shape index (κ2) is 14.0. The van der Waals surface area contributed by atoms with Crippen molar-refractivity contribution < 1.29 is 4.74 Å². The Hall–Kier alpha value is -6.77. The van der Waals surface area contributed by atoms with Gasteiger partial charge in [-0.1, -0.05) is 164 Å². The van der Waals surface area contributed by atoms with Crippen LogP contribution in [0.2, 0.25) is 0 Å². The van der Waals surface area contributed by atoms with Crippen LogP contribution in [0.25, 0.3) is 77.1 Å². The van der Waals surface area contributed by atoms with Crippen molar-refractivity contribution in [2.45, 2.75) is 20.0 Å². The summed E-state index contributed by atoms with van der Waals surface area (Å²) in [4.78, 5) is 5.18. The van der Waals surface area contributed by atoms with E-state index < -0.39 is 0 Å². The van der Waals surface area contributed by atoms with E-state index in [1.54, 1.807) is 0 Å². The average Bonchev–Trinajstić information content (AvgIpc) is 3.22. The van der Waals surface area contributed by atoms with Gasteiger partial charge in [0.25, 0.3) is 0 Å². The molecule has 0 fully saturated rings.